The van der Waals surface area contributed by atoms with Gasteiger partial charge in [0.15, 0.2) is 0 Å². The van der Waals surface area contributed by atoms with Crippen molar-refractivity contribution >= 4 is 11.9 Å². The van der Waals surface area contributed by atoms with Gasteiger partial charge in [-0.05, 0) is 24.1 Å². The molecule has 0 amide bonds. The zero-order chi connectivity index (χ0) is 21.1. The lowest BCUT2D eigenvalue weighted by Crippen LogP contribution is -2.52. The smallest absolute Gasteiger partial charge is 0.432 e. The van der Waals surface area contributed by atoms with Crippen molar-refractivity contribution in [3.8, 4) is 5.75 Å². The van der Waals surface area contributed by atoms with Crippen LogP contribution in [0.3, 0.4) is 0 Å². The Morgan fingerprint density at radius 2 is 1.86 bits per heavy atom. The molecule has 0 spiro atoms. The average molecular weight is 408 g/mol. The Morgan fingerprint density at radius 1 is 1.14 bits per heavy atom. The van der Waals surface area contributed by atoms with Gasteiger partial charge >= 0.3 is 18.1 Å². The monoisotopic (exact) mass is 408 g/mol. The van der Waals surface area contributed by atoms with Gasteiger partial charge in [-0.1, -0.05) is 42.5 Å². The molecule has 29 heavy (non-hydrogen) atoms. The summed E-state index contributed by atoms with van der Waals surface area (Å²) in [4.78, 5) is 23.9. The molecule has 1 saturated heterocycles. The van der Waals surface area contributed by atoms with E-state index in [0.29, 0.717) is 24.8 Å². The first kappa shape index (κ1) is 20.9. The molecule has 0 unspecified atom stereocenters. The van der Waals surface area contributed by atoms with Crippen LogP contribution in [0.2, 0.25) is 0 Å². The summed E-state index contributed by atoms with van der Waals surface area (Å²) in [6.45, 7) is 0. The molecule has 3 rings (SSSR count). The number of cyclic esters (lactones) is 1. The number of hydrogen-bond acceptors (Lipinski definition) is 5. The predicted molar refractivity (Wildman–Crippen MR) is 96.1 cm³/mol. The van der Waals surface area contributed by atoms with Gasteiger partial charge in [0.2, 0.25) is 0 Å². The second-order valence-electron chi connectivity index (χ2n) is 6.64. The molecular formula is C21H19F3O5. The Kier molecular flexibility index (Phi) is 5.93. The molecule has 154 valence electrons. The molecule has 1 fully saturated rings. The average Bonchev–Trinajstić information content (AvgIpc) is 3.07. The van der Waals surface area contributed by atoms with Gasteiger partial charge in [-0.15, -0.1) is 0 Å². The Balaban J connectivity index is 1.85. The summed E-state index contributed by atoms with van der Waals surface area (Å²) < 4.78 is 56.7. The van der Waals surface area contributed by atoms with Gasteiger partial charge in [0.25, 0.3) is 5.60 Å². The van der Waals surface area contributed by atoms with Crippen molar-refractivity contribution in [1.82, 2.24) is 0 Å². The van der Waals surface area contributed by atoms with Crippen LogP contribution in [-0.2, 0) is 31.1 Å². The van der Waals surface area contributed by atoms with E-state index in [1.54, 1.807) is 12.1 Å². The number of carbonyl (C=O) groups excluding carboxylic acids is 2. The summed E-state index contributed by atoms with van der Waals surface area (Å²) >= 11 is 0. The maximum Gasteiger partial charge on any atom is 0.432 e. The van der Waals surface area contributed by atoms with E-state index >= 15 is 0 Å². The van der Waals surface area contributed by atoms with Gasteiger partial charge in [-0.2, -0.15) is 13.2 Å². The number of esters is 2. The van der Waals surface area contributed by atoms with Crippen molar-refractivity contribution in [2.75, 3.05) is 7.11 Å². The highest BCUT2D eigenvalue weighted by molar-refractivity contribution is 5.84. The standard InChI is InChI=1S/C21H19F3O5/c1-27-20(21(22,23)24,15-7-3-2-4-8-15)19(26)29-16-9-5-6-14(12-16)13-17-10-11-18(25)28-17/h2-9,12,17H,10-11,13H2,1H3/t17-,20-/m0/s1. The third kappa shape index (κ3) is 4.27. The van der Waals surface area contributed by atoms with Crippen molar-refractivity contribution < 1.29 is 37.0 Å². The van der Waals surface area contributed by atoms with Crippen LogP contribution in [0.4, 0.5) is 13.2 Å². The molecule has 0 saturated carbocycles. The number of carbonyl (C=O) groups is 2. The first-order valence-corrected chi connectivity index (χ1v) is 8.94. The van der Waals surface area contributed by atoms with E-state index < -0.39 is 17.7 Å². The molecule has 0 radical (unpaired) electrons. The number of halogens is 3. The van der Waals surface area contributed by atoms with Gasteiger partial charge in [-0.3, -0.25) is 4.79 Å². The summed E-state index contributed by atoms with van der Waals surface area (Å²) in [5.74, 6) is -1.93. The largest absolute Gasteiger partial charge is 0.462 e. The highest BCUT2D eigenvalue weighted by Crippen LogP contribution is 2.43. The molecule has 2 atom stereocenters. The number of methoxy groups -OCH3 is 1. The molecule has 8 heteroatoms. The lowest BCUT2D eigenvalue weighted by atomic mass is 9.92. The lowest BCUT2D eigenvalue weighted by Gasteiger charge is -2.32. The van der Waals surface area contributed by atoms with Crippen LogP contribution in [0.1, 0.15) is 24.0 Å². The quantitative estimate of drug-likeness (QED) is 0.535. The Labute approximate surface area is 165 Å². The lowest BCUT2D eigenvalue weighted by molar-refractivity contribution is -0.272. The fourth-order valence-electron chi connectivity index (χ4n) is 3.29. The van der Waals surface area contributed by atoms with Crippen LogP contribution in [0.5, 0.6) is 5.75 Å². The molecule has 1 aliphatic rings. The van der Waals surface area contributed by atoms with E-state index in [4.69, 9.17) is 14.2 Å². The van der Waals surface area contributed by atoms with Crippen LogP contribution in [-0.4, -0.2) is 31.3 Å². The fourth-order valence-corrected chi connectivity index (χ4v) is 3.29. The van der Waals surface area contributed by atoms with E-state index in [2.05, 4.69) is 0 Å². The molecule has 5 nitrogen and oxygen atoms in total. The summed E-state index contributed by atoms with van der Waals surface area (Å²) in [6.07, 6.45) is -4.07. The minimum absolute atomic E-state index is 0.0570. The number of alkyl halides is 3. The number of hydrogen-bond donors (Lipinski definition) is 0. The molecule has 0 N–H and O–H groups in total. The van der Waals surface area contributed by atoms with Gasteiger partial charge in [0, 0.05) is 25.5 Å². The predicted octanol–water partition coefficient (Wildman–Crippen LogP) is 3.94. The SMILES string of the molecule is CO[C@](C(=O)Oc1cccc(C[C@@H]2CCC(=O)O2)c1)(c1ccccc1)C(F)(F)F. The number of rotatable bonds is 6. The van der Waals surface area contributed by atoms with Crippen LogP contribution in [0, 0.1) is 0 Å². The van der Waals surface area contributed by atoms with Gasteiger partial charge in [0.05, 0.1) is 0 Å². The van der Waals surface area contributed by atoms with Crippen LogP contribution in [0.15, 0.2) is 54.6 Å². The molecule has 0 aliphatic carbocycles. The number of benzene rings is 2. The Morgan fingerprint density at radius 3 is 2.45 bits per heavy atom. The van der Waals surface area contributed by atoms with Crippen LogP contribution >= 0.6 is 0 Å². The summed E-state index contributed by atoms with van der Waals surface area (Å²) in [7, 11) is 0.812. The summed E-state index contributed by atoms with van der Waals surface area (Å²) in [5, 5.41) is 0. The van der Waals surface area contributed by atoms with Gasteiger partial charge < -0.3 is 14.2 Å². The van der Waals surface area contributed by atoms with E-state index in [1.165, 1.54) is 30.3 Å². The second-order valence-corrected chi connectivity index (χ2v) is 6.64. The highest BCUT2D eigenvalue weighted by Gasteiger charge is 2.64. The molecular weight excluding hydrogens is 389 g/mol. The molecule has 1 heterocycles. The number of ether oxygens (including phenoxy) is 3. The van der Waals surface area contributed by atoms with E-state index in [9.17, 15) is 22.8 Å². The summed E-state index contributed by atoms with van der Waals surface area (Å²) in [6, 6.07) is 12.7. The van der Waals surface area contributed by atoms with E-state index in [-0.39, 0.29) is 23.4 Å². The maximum atomic E-state index is 13.9. The van der Waals surface area contributed by atoms with Crippen molar-refractivity contribution in [3.05, 3.63) is 65.7 Å². The van der Waals surface area contributed by atoms with Crippen LogP contribution in [0.25, 0.3) is 0 Å². The third-order valence-electron chi connectivity index (χ3n) is 4.71. The zero-order valence-electron chi connectivity index (χ0n) is 15.6. The van der Waals surface area contributed by atoms with Crippen molar-refractivity contribution in [1.29, 1.82) is 0 Å². The van der Waals surface area contributed by atoms with Crippen molar-refractivity contribution in [3.63, 3.8) is 0 Å². The Bertz CT molecular complexity index is 881. The minimum atomic E-state index is -5.05. The minimum Gasteiger partial charge on any atom is -0.462 e. The van der Waals surface area contributed by atoms with Crippen molar-refractivity contribution in [2.24, 2.45) is 0 Å². The molecule has 0 aromatic heterocycles. The normalized spacial score (nSPS) is 18.8. The first-order chi connectivity index (χ1) is 13.8. The molecule has 0 bridgehead atoms. The molecule has 2 aromatic carbocycles. The fraction of sp³-hybridized carbons (Fsp3) is 0.333. The Hall–Kier alpha value is -2.87. The van der Waals surface area contributed by atoms with Crippen LogP contribution < -0.4 is 4.74 Å². The topological polar surface area (TPSA) is 61.8 Å². The third-order valence-corrected chi connectivity index (χ3v) is 4.71. The zero-order valence-corrected chi connectivity index (χ0v) is 15.6. The molecule has 2 aromatic rings. The molecule has 1 aliphatic heterocycles. The van der Waals surface area contributed by atoms with E-state index in [0.717, 1.165) is 19.2 Å². The van der Waals surface area contributed by atoms with Gasteiger partial charge in [0.1, 0.15) is 11.9 Å². The summed E-state index contributed by atoms with van der Waals surface area (Å²) in [5.41, 5.74) is -2.97. The van der Waals surface area contributed by atoms with Crippen molar-refractivity contribution in [2.45, 2.75) is 37.1 Å². The highest BCUT2D eigenvalue weighted by atomic mass is 19.4. The van der Waals surface area contributed by atoms with Gasteiger partial charge in [-0.25, -0.2) is 4.79 Å². The second kappa shape index (κ2) is 8.24. The van der Waals surface area contributed by atoms with E-state index in [1.807, 2.05) is 0 Å². The maximum absolute atomic E-state index is 13.9. The first-order valence-electron chi connectivity index (χ1n) is 8.94.